The highest BCUT2D eigenvalue weighted by Gasteiger charge is 2.29. The van der Waals surface area contributed by atoms with Crippen molar-refractivity contribution in [1.82, 2.24) is 10.1 Å². The molecule has 2 heterocycles. The molecule has 0 fully saturated rings. The minimum atomic E-state index is -3.86. The van der Waals surface area contributed by atoms with Crippen molar-refractivity contribution in [2.24, 2.45) is 4.40 Å². The Labute approximate surface area is 199 Å². The highest BCUT2D eigenvalue weighted by Crippen LogP contribution is 2.33. The Hall–Kier alpha value is -3.53. The van der Waals surface area contributed by atoms with E-state index in [-0.39, 0.29) is 16.4 Å². The normalized spacial score (nSPS) is 14.6. The van der Waals surface area contributed by atoms with Crippen molar-refractivity contribution < 1.29 is 17.7 Å². The molecule has 0 saturated heterocycles. The van der Waals surface area contributed by atoms with Gasteiger partial charge in [-0.2, -0.15) is 13.4 Å². The Morgan fingerprint density at radius 1 is 1.15 bits per heavy atom. The lowest BCUT2D eigenvalue weighted by molar-refractivity contribution is 0.102. The van der Waals surface area contributed by atoms with Gasteiger partial charge >= 0.3 is 0 Å². The predicted molar refractivity (Wildman–Crippen MR) is 130 cm³/mol. The molecule has 1 aliphatic rings. The highest BCUT2D eigenvalue weighted by molar-refractivity contribution is 7.90. The van der Waals surface area contributed by atoms with Gasteiger partial charge in [-0.15, -0.1) is 4.40 Å². The third kappa shape index (κ3) is 4.86. The van der Waals surface area contributed by atoms with Gasteiger partial charge < -0.3 is 14.7 Å². The van der Waals surface area contributed by atoms with Gasteiger partial charge in [0.25, 0.3) is 15.9 Å². The minimum absolute atomic E-state index is 0.0374. The summed E-state index contributed by atoms with van der Waals surface area (Å²) in [6, 6.07) is 12.0. The summed E-state index contributed by atoms with van der Waals surface area (Å²) in [6.07, 6.45) is 1.34. The van der Waals surface area contributed by atoms with Crippen LogP contribution in [-0.2, 0) is 16.4 Å². The summed E-state index contributed by atoms with van der Waals surface area (Å²) < 4.78 is 34.4. The van der Waals surface area contributed by atoms with Gasteiger partial charge in [-0.1, -0.05) is 38.1 Å². The Kier molecular flexibility index (Phi) is 6.52. The monoisotopic (exact) mass is 481 g/mol. The molecule has 1 amide bonds. The lowest BCUT2D eigenvalue weighted by Crippen LogP contribution is -2.34. The van der Waals surface area contributed by atoms with E-state index in [4.69, 9.17) is 4.52 Å². The zero-order valence-electron chi connectivity index (χ0n) is 19.6. The molecule has 34 heavy (non-hydrogen) atoms. The number of amides is 1. The number of anilines is 2. The minimum Gasteiger partial charge on any atom is -0.339 e. The first-order valence-electron chi connectivity index (χ1n) is 11.1. The zero-order chi connectivity index (χ0) is 24.5. The van der Waals surface area contributed by atoms with Crippen LogP contribution in [0.1, 0.15) is 67.7 Å². The van der Waals surface area contributed by atoms with Gasteiger partial charge in [0.15, 0.2) is 5.82 Å². The van der Waals surface area contributed by atoms with Crippen LogP contribution in [0.5, 0.6) is 0 Å². The molecular weight excluding hydrogens is 454 g/mol. The third-order valence-corrected chi connectivity index (χ3v) is 6.82. The van der Waals surface area contributed by atoms with Crippen molar-refractivity contribution in [2.75, 3.05) is 16.8 Å². The van der Waals surface area contributed by atoms with Gasteiger partial charge in [0.1, 0.15) is 10.7 Å². The van der Waals surface area contributed by atoms with Crippen molar-refractivity contribution in [3.8, 4) is 0 Å². The van der Waals surface area contributed by atoms with Crippen molar-refractivity contribution in [1.29, 1.82) is 0 Å². The molecule has 0 atom stereocenters. The van der Waals surface area contributed by atoms with Crippen molar-refractivity contribution in [3.63, 3.8) is 0 Å². The van der Waals surface area contributed by atoms with Gasteiger partial charge in [-0.05, 0) is 49.2 Å². The van der Waals surface area contributed by atoms with E-state index >= 15 is 0 Å². The zero-order valence-corrected chi connectivity index (χ0v) is 20.4. The van der Waals surface area contributed by atoms with E-state index in [9.17, 15) is 13.2 Å². The standard InChI is InChI=1S/C24H27N5O4S/c1-5-12-29-16(4)28-34(31,32)21-14-18(8-11-20(21)29)23(30)25-19-9-6-17(7-10-19)13-22-26-24(15(2)3)33-27-22/h6-11,14-15H,5,12-13H2,1-4H3,(H,25,30). The summed E-state index contributed by atoms with van der Waals surface area (Å²) in [4.78, 5) is 19.1. The average molecular weight is 482 g/mol. The summed E-state index contributed by atoms with van der Waals surface area (Å²) in [5.41, 5.74) is 2.34. The Bertz CT molecular complexity index is 1340. The summed E-state index contributed by atoms with van der Waals surface area (Å²) in [7, 11) is -3.86. The molecule has 3 aromatic rings. The quantitative estimate of drug-likeness (QED) is 0.532. The van der Waals surface area contributed by atoms with Crippen LogP contribution in [0.4, 0.5) is 11.4 Å². The number of nitrogens with zero attached hydrogens (tertiary/aromatic N) is 4. The van der Waals surface area contributed by atoms with Gasteiger partial charge in [-0.3, -0.25) is 4.79 Å². The first-order chi connectivity index (χ1) is 16.2. The summed E-state index contributed by atoms with van der Waals surface area (Å²) in [5.74, 6) is 1.39. The molecule has 2 aromatic carbocycles. The topological polar surface area (TPSA) is 118 Å². The maximum atomic E-state index is 12.8. The van der Waals surface area contributed by atoms with E-state index in [0.717, 1.165) is 12.0 Å². The van der Waals surface area contributed by atoms with Crippen LogP contribution < -0.4 is 10.2 Å². The van der Waals surface area contributed by atoms with Gasteiger partial charge in [-0.25, -0.2) is 0 Å². The third-order valence-electron chi connectivity index (χ3n) is 5.43. The Morgan fingerprint density at radius 2 is 1.88 bits per heavy atom. The van der Waals surface area contributed by atoms with Gasteiger partial charge in [0, 0.05) is 30.1 Å². The van der Waals surface area contributed by atoms with E-state index in [1.54, 1.807) is 31.2 Å². The van der Waals surface area contributed by atoms with Crippen LogP contribution >= 0.6 is 0 Å². The molecule has 1 aromatic heterocycles. The fraction of sp³-hybridized carbons (Fsp3) is 0.333. The van der Waals surface area contributed by atoms with E-state index < -0.39 is 15.9 Å². The molecule has 0 radical (unpaired) electrons. The van der Waals surface area contributed by atoms with Crippen LogP contribution in [-0.4, -0.2) is 36.8 Å². The van der Waals surface area contributed by atoms with E-state index in [2.05, 4.69) is 19.9 Å². The number of rotatable bonds is 7. The number of carbonyl (C=O) groups excluding carboxylic acids is 1. The SMILES string of the molecule is CCCN1C(C)=NS(=O)(=O)c2cc(C(=O)Nc3ccc(Cc4noc(C(C)C)n4)cc3)ccc21. The molecule has 0 saturated carbocycles. The number of nitrogens with one attached hydrogen (secondary N) is 1. The van der Waals surface area contributed by atoms with Crippen LogP contribution in [0.25, 0.3) is 0 Å². The van der Waals surface area contributed by atoms with E-state index in [1.807, 2.05) is 37.8 Å². The summed E-state index contributed by atoms with van der Waals surface area (Å²) in [5, 5.41) is 6.81. The lowest BCUT2D eigenvalue weighted by Gasteiger charge is -2.29. The van der Waals surface area contributed by atoms with Crippen molar-refractivity contribution in [2.45, 2.75) is 51.3 Å². The van der Waals surface area contributed by atoms with Crippen molar-refractivity contribution in [3.05, 3.63) is 65.3 Å². The fourth-order valence-corrected chi connectivity index (χ4v) is 4.97. The molecule has 10 heteroatoms. The number of carbonyl (C=O) groups is 1. The Morgan fingerprint density at radius 3 is 2.53 bits per heavy atom. The number of aromatic nitrogens is 2. The number of fused-ring (bicyclic) bond motifs is 1. The molecule has 0 bridgehead atoms. The van der Waals surface area contributed by atoms with Gasteiger partial charge in [0.05, 0.1) is 5.69 Å². The lowest BCUT2D eigenvalue weighted by atomic mass is 10.1. The van der Waals surface area contributed by atoms with Crippen molar-refractivity contribution >= 4 is 33.1 Å². The second-order valence-corrected chi connectivity index (χ2v) is 10.1. The van der Waals surface area contributed by atoms with Gasteiger partial charge in [0.2, 0.25) is 5.89 Å². The molecule has 4 rings (SSSR count). The fourth-order valence-electron chi connectivity index (χ4n) is 3.70. The molecular formula is C24H27N5O4S. The maximum Gasteiger partial charge on any atom is 0.286 e. The first-order valence-corrected chi connectivity index (χ1v) is 12.6. The molecule has 9 nitrogen and oxygen atoms in total. The summed E-state index contributed by atoms with van der Waals surface area (Å²) >= 11 is 0. The van der Waals surface area contributed by atoms with Crippen LogP contribution in [0, 0.1) is 0 Å². The molecule has 1 aliphatic heterocycles. The van der Waals surface area contributed by atoms with Crippen LogP contribution in [0.2, 0.25) is 0 Å². The Balaban J connectivity index is 1.49. The number of hydrogen-bond donors (Lipinski definition) is 1. The number of amidine groups is 1. The summed E-state index contributed by atoms with van der Waals surface area (Å²) in [6.45, 7) is 8.29. The molecule has 1 N–H and O–H groups in total. The molecule has 0 spiro atoms. The number of hydrogen-bond acceptors (Lipinski definition) is 7. The molecule has 0 unspecified atom stereocenters. The van der Waals surface area contributed by atoms with Crippen LogP contribution in [0.15, 0.2) is 56.3 Å². The molecule has 0 aliphatic carbocycles. The molecule has 178 valence electrons. The largest absolute Gasteiger partial charge is 0.339 e. The highest BCUT2D eigenvalue weighted by atomic mass is 32.2. The second kappa shape index (κ2) is 9.38. The first kappa shape index (κ1) is 23.6. The van der Waals surface area contributed by atoms with Crippen LogP contribution in [0.3, 0.4) is 0 Å². The average Bonchev–Trinajstić information content (AvgIpc) is 3.26. The van der Waals surface area contributed by atoms with E-state index in [0.29, 0.717) is 41.9 Å². The van der Waals surface area contributed by atoms with E-state index in [1.165, 1.54) is 6.07 Å². The number of sulfonamides is 1. The maximum absolute atomic E-state index is 12.8. The predicted octanol–water partition coefficient (Wildman–Crippen LogP) is 4.37. The second-order valence-electron chi connectivity index (χ2n) is 8.48. The number of benzene rings is 2. The smallest absolute Gasteiger partial charge is 0.286 e.